The summed E-state index contributed by atoms with van der Waals surface area (Å²) in [7, 11) is 0. The molecule has 1 atom stereocenters. The maximum atomic E-state index is 12.9. The highest BCUT2D eigenvalue weighted by molar-refractivity contribution is 5.84. The number of aromatic amines is 1. The van der Waals surface area contributed by atoms with Gasteiger partial charge in [-0.1, -0.05) is 38.2 Å². The molecule has 0 aliphatic heterocycles. The molecule has 2 heterocycles. The molecule has 1 unspecified atom stereocenters. The van der Waals surface area contributed by atoms with Gasteiger partial charge in [0.1, 0.15) is 0 Å². The van der Waals surface area contributed by atoms with Crippen molar-refractivity contribution in [1.82, 2.24) is 14.5 Å². The molecule has 1 N–H and O–H groups in total. The van der Waals surface area contributed by atoms with E-state index in [1.54, 1.807) is 12.3 Å². The van der Waals surface area contributed by atoms with Gasteiger partial charge in [0, 0.05) is 24.2 Å². The van der Waals surface area contributed by atoms with E-state index >= 15 is 0 Å². The molecular formula is C19H23N3O3. The number of Topliss-reactive ketones (excluding diaryl/α,β-unsaturated/α-hetero) is 1. The Balaban J connectivity index is 1.86. The van der Waals surface area contributed by atoms with Crippen molar-refractivity contribution < 1.29 is 4.79 Å². The summed E-state index contributed by atoms with van der Waals surface area (Å²) in [6, 6.07) is 6.20. The molecule has 25 heavy (non-hydrogen) atoms. The molecule has 0 spiro atoms. The molecule has 0 amide bonds. The van der Waals surface area contributed by atoms with Crippen LogP contribution in [0.3, 0.4) is 0 Å². The van der Waals surface area contributed by atoms with Gasteiger partial charge in [0.05, 0.1) is 12.5 Å². The van der Waals surface area contributed by atoms with Gasteiger partial charge in [0.15, 0.2) is 5.78 Å². The predicted molar refractivity (Wildman–Crippen MR) is 94.5 cm³/mol. The molecule has 0 radical (unpaired) electrons. The van der Waals surface area contributed by atoms with Gasteiger partial charge in [-0.3, -0.25) is 24.1 Å². The van der Waals surface area contributed by atoms with Crippen LogP contribution < -0.4 is 11.2 Å². The molecule has 132 valence electrons. The van der Waals surface area contributed by atoms with E-state index in [-0.39, 0.29) is 12.2 Å². The molecule has 2 aromatic heterocycles. The van der Waals surface area contributed by atoms with Crippen LogP contribution in [-0.2, 0) is 11.2 Å². The summed E-state index contributed by atoms with van der Waals surface area (Å²) in [5, 5.41) is 0. The number of pyridine rings is 1. The minimum Gasteiger partial charge on any atom is -0.297 e. The molecule has 1 fully saturated rings. The molecule has 0 aromatic carbocycles. The Labute approximate surface area is 145 Å². The van der Waals surface area contributed by atoms with Crippen molar-refractivity contribution >= 4 is 5.78 Å². The van der Waals surface area contributed by atoms with E-state index in [4.69, 9.17) is 0 Å². The molecule has 3 rings (SSSR count). The van der Waals surface area contributed by atoms with Crippen LogP contribution in [-0.4, -0.2) is 20.3 Å². The molecule has 1 aliphatic carbocycles. The van der Waals surface area contributed by atoms with E-state index in [0.717, 1.165) is 12.8 Å². The number of nitrogens with one attached hydrogen (secondary N) is 1. The van der Waals surface area contributed by atoms with Crippen LogP contribution in [0.1, 0.15) is 50.3 Å². The number of rotatable bonds is 6. The Morgan fingerprint density at radius 2 is 2.00 bits per heavy atom. The van der Waals surface area contributed by atoms with Crippen LogP contribution in [0.4, 0.5) is 0 Å². The number of carbonyl (C=O) groups is 1. The predicted octanol–water partition coefficient (Wildman–Crippen LogP) is 2.25. The van der Waals surface area contributed by atoms with Gasteiger partial charge in [-0.25, -0.2) is 4.79 Å². The van der Waals surface area contributed by atoms with Gasteiger partial charge in [-0.15, -0.1) is 0 Å². The van der Waals surface area contributed by atoms with Gasteiger partial charge in [-0.05, 0) is 24.5 Å². The standard InChI is InChI=1S/C19H23N3O3/c23-17(13-15-8-4-5-10-20-15)16(12-14-6-2-1-3-7-14)22-11-9-18(24)21-19(22)25/h4-5,8-11,14,16H,1-3,6-7,12-13H2,(H,21,24,25). The van der Waals surface area contributed by atoms with Gasteiger partial charge in [-0.2, -0.15) is 0 Å². The monoisotopic (exact) mass is 341 g/mol. The number of hydrogen-bond acceptors (Lipinski definition) is 4. The Morgan fingerprint density at radius 3 is 2.68 bits per heavy atom. The molecule has 6 nitrogen and oxygen atoms in total. The summed E-state index contributed by atoms with van der Waals surface area (Å²) in [5.41, 5.74) is -0.281. The molecule has 1 aliphatic rings. The summed E-state index contributed by atoms with van der Waals surface area (Å²) in [5.74, 6) is 0.392. The fourth-order valence-electron chi connectivity index (χ4n) is 3.61. The Morgan fingerprint density at radius 1 is 1.20 bits per heavy atom. The minimum absolute atomic E-state index is 0.0431. The lowest BCUT2D eigenvalue weighted by atomic mass is 9.83. The zero-order valence-electron chi connectivity index (χ0n) is 14.2. The van der Waals surface area contributed by atoms with Gasteiger partial charge in [0.2, 0.25) is 0 Å². The maximum Gasteiger partial charge on any atom is 0.328 e. The lowest BCUT2D eigenvalue weighted by Gasteiger charge is -2.26. The highest BCUT2D eigenvalue weighted by Gasteiger charge is 2.26. The first-order valence-electron chi connectivity index (χ1n) is 8.87. The smallest absolute Gasteiger partial charge is 0.297 e. The van der Waals surface area contributed by atoms with Crippen molar-refractivity contribution in [1.29, 1.82) is 0 Å². The van der Waals surface area contributed by atoms with E-state index < -0.39 is 17.3 Å². The molecule has 6 heteroatoms. The van der Waals surface area contributed by atoms with Crippen LogP contribution in [0.25, 0.3) is 0 Å². The van der Waals surface area contributed by atoms with Crippen molar-refractivity contribution in [3.05, 3.63) is 63.2 Å². The summed E-state index contributed by atoms with van der Waals surface area (Å²) < 4.78 is 1.38. The fourth-order valence-corrected chi connectivity index (χ4v) is 3.61. The van der Waals surface area contributed by atoms with Crippen LogP contribution in [0.5, 0.6) is 0 Å². The lowest BCUT2D eigenvalue weighted by Crippen LogP contribution is -2.36. The largest absolute Gasteiger partial charge is 0.328 e. The molecule has 2 aromatic rings. The number of H-pyrrole nitrogens is 1. The highest BCUT2D eigenvalue weighted by atomic mass is 16.2. The van der Waals surface area contributed by atoms with Crippen LogP contribution in [0.2, 0.25) is 0 Å². The van der Waals surface area contributed by atoms with Crippen LogP contribution in [0, 0.1) is 5.92 Å². The Bertz CT molecular complexity index is 820. The zero-order valence-corrected chi connectivity index (χ0v) is 14.2. The summed E-state index contributed by atoms with van der Waals surface area (Å²) >= 11 is 0. The van der Waals surface area contributed by atoms with E-state index in [0.29, 0.717) is 18.0 Å². The first kappa shape index (κ1) is 17.3. The Kier molecular flexibility index (Phi) is 5.58. The molecular weight excluding hydrogens is 318 g/mol. The van der Waals surface area contributed by atoms with Gasteiger partial charge >= 0.3 is 5.69 Å². The van der Waals surface area contributed by atoms with Crippen molar-refractivity contribution in [2.45, 2.75) is 51.0 Å². The third kappa shape index (κ3) is 4.53. The Hall–Kier alpha value is -2.50. The maximum absolute atomic E-state index is 12.9. The summed E-state index contributed by atoms with van der Waals surface area (Å²) in [6.07, 6.45) is 9.68. The third-order valence-electron chi connectivity index (χ3n) is 4.92. The number of carbonyl (C=O) groups excluding carboxylic acids is 1. The number of ketones is 1. The second kappa shape index (κ2) is 8.05. The number of nitrogens with zero attached hydrogens (tertiary/aromatic N) is 2. The van der Waals surface area contributed by atoms with Crippen molar-refractivity contribution in [2.24, 2.45) is 5.92 Å². The van der Waals surface area contributed by atoms with E-state index in [9.17, 15) is 14.4 Å². The average Bonchev–Trinajstić information content (AvgIpc) is 2.62. The highest BCUT2D eigenvalue weighted by Crippen LogP contribution is 2.31. The summed E-state index contributed by atoms with van der Waals surface area (Å²) in [4.78, 5) is 43.0. The number of hydrogen-bond donors (Lipinski definition) is 1. The van der Waals surface area contributed by atoms with Crippen molar-refractivity contribution in [2.75, 3.05) is 0 Å². The summed E-state index contributed by atoms with van der Waals surface area (Å²) in [6.45, 7) is 0. The lowest BCUT2D eigenvalue weighted by molar-refractivity contribution is -0.122. The minimum atomic E-state index is -0.561. The SMILES string of the molecule is O=C(Cc1ccccn1)C(CC1CCCCC1)n1ccc(=O)[nH]c1=O. The van der Waals surface area contributed by atoms with Gasteiger partial charge < -0.3 is 0 Å². The first-order chi connectivity index (χ1) is 12.1. The molecule has 0 bridgehead atoms. The topological polar surface area (TPSA) is 84.8 Å². The third-order valence-corrected chi connectivity index (χ3v) is 4.92. The van der Waals surface area contributed by atoms with Gasteiger partial charge in [0.25, 0.3) is 5.56 Å². The first-order valence-corrected chi connectivity index (χ1v) is 8.87. The fraction of sp³-hybridized carbons (Fsp3) is 0.474. The van der Waals surface area contributed by atoms with E-state index in [1.165, 1.54) is 36.1 Å². The van der Waals surface area contributed by atoms with Crippen molar-refractivity contribution in [3.8, 4) is 0 Å². The number of aromatic nitrogens is 3. The normalized spacial score (nSPS) is 16.5. The quantitative estimate of drug-likeness (QED) is 0.873. The second-order valence-electron chi connectivity index (χ2n) is 6.74. The van der Waals surface area contributed by atoms with Crippen molar-refractivity contribution in [3.63, 3.8) is 0 Å². The molecule has 1 saturated carbocycles. The van der Waals surface area contributed by atoms with Crippen LogP contribution in [0.15, 0.2) is 46.2 Å². The molecule has 0 saturated heterocycles. The van der Waals surface area contributed by atoms with Crippen LogP contribution >= 0.6 is 0 Å². The zero-order chi connectivity index (χ0) is 17.6. The average molecular weight is 341 g/mol. The van der Waals surface area contributed by atoms with E-state index in [1.807, 2.05) is 12.1 Å². The van der Waals surface area contributed by atoms with E-state index in [2.05, 4.69) is 9.97 Å². The second-order valence-corrected chi connectivity index (χ2v) is 6.74.